The largest absolute Gasteiger partial charge is 0.395 e. The van der Waals surface area contributed by atoms with E-state index in [9.17, 15) is 0 Å². The van der Waals surface area contributed by atoms with Gasteiger partial charge in [-0.3, -0.25) is 0 Å². The third kappa shape index (κ3) is 2.32. The van der Waals surface area contributed by atoms with Crippen LogP contribution < -0.4 is 5.73 Å². The quantitative estimate of drug-likeness (QED) is 0.799. The number of hydrogen-bond donors (Lipinski definition) is 2. The summed E-state index contributed by atoms with van der Waals surface area (Å²) in [6, 6.07) is 9.45. The van der Waals surface area contributed by atoms with Crippen LogP contribution in [0.1, 0.15) is 5.56 Å². The average molecular weight is 237 g/mol. The van der Waals surface area contributed by atoms with Crippen LogP contribution in [0, 0.1) is 0 Å². The predicted molar refractivity (Wildman–Crippen MR) is 65.5 cm³/mol. The van der Waals surface area contributed by atoms with Crippen LogP contribution in [0.2, 0.25) is 5.15 Å². The van der Waals surface area contributed by atoms with E-state index in [0.29, 0.717) is 11.6 Å². The summed E-state index contributed by atoms with van der Waals surface area (Å²) >= 11 is 6.06. The van der Waals surface area contributed by atoms with E-state index in [-0.39, 0.29) is 12.6 Å². The van der Waals surface area contributed by atoms with Crippen molar-refractivity contribution >= 4 is 22.5 Å². The third-order valence-corrected chi connectivity index (χ3v) is 2.79. The Kier molecular flexibility index (Phi) is 3.39. The van der Waals surface area contributed by atoms with E-state index >= 15 is 0 Å². The van der Waals surface area contributed by atoms with Gasteiger partial charge in [0, 0.05) is 11.4 Å². The molecule has 0 amide bonds. The van der Waals surface area contributed by atoms with Crippen LogP contribution in [0.15, 0.2) is 30.3 Å². The van der Waals surface area contributed by atoms with Crippen molar-refractivity contribution in [1.82, 2.24) is 4.98 Å². The summed E-state index contributed by atoms with van der Waals surface area (Å²) in [5.41, 5.74) is 7.43. The number of benzene rings is 1. The minimum atomic E-state index is -0.291. The Morgan fingerprint density at radius 1 is 1.38 bits per heavy atom. The first-order chi connectivity index (χ1) is 7.70. The Labute approximate surface area is 98.9 Å². The second-order valence-electron chi connectivity index (χ2n) is 3.78. The molecule has 84 valence electrons. The fourth-order valence-electron chi connectivity index (χ4n) is 1.63. The molecule has 0 bridgehead atoms. The zero-order chi connectivity index (χ0) is 11.5. The second kappa shape index (κ2) is 4.78. The molecule has 0 aliphatic carbocycles. The lowest BCUT2D eigenvalue weighted by Gasteiger charge is -2.10. The van der Waals surface area contributed by atoms with E-state index < -0.39 is 0 Å². The molecule has 2 aromatic rings. The highest BCUT2D eigenvalue weighted by Crippen LogP contribution is 2.21. The van der Waals surface area contributed by atoms with E-state index in [1.54, 1.807) is 0 Å². The number of hydrogen-bond acceptors (Lipinski definition) is 3. The summed E-state index contributed by atoms with van der Waals surface area (Å²) in [6.45, 7) is -0.0524. The number of halogens is 1. The van der Waals surface area contributed by atoms with Gasteiger partial charge >= 0.3 is 0 Å². The number of nitrogens with zero attached hydrogens (tertiary/aromatic N) is 1. The smallest absolute Gasteiger partial charge is 0.133 e. The van der Waals surface area contributed by atoms with Crippen molar-refractivity contribution in [2.75, 3.05) is 6.61 Å². The highest BCUT2D eigenvalue weighted by Gasteiger charge is 2.08. The summed E-state index contributed by atoms with van der Waals surface area (Å²) < 4.78 is 0. The first kappa shape index (κ1) is 11.3. The predicted octanol–water partition coefficient (Wildman–Crippen LogP) is 1.75. The molecule has 0 fully saturated rings. The normalized spacial score (nSPS) is 12.9. The van der Waals surface area contributed by atoms with Gasteiger partial charge in [-0.1, -0.05) is 29.8 Å². The molecule has 0 saturated heterocycles. The lowest BCUT2D eigenvalue weighted by Crippen LogP contribution is -2.27. The molecule has 1 aromatic carbocycles. The van der Waals surface area contributed by atoms with Crippen molar-refractivity contribution in [3.63, 3.8) is 0 Å². The molecule has 0 saturated carbocycles. The maximum Gasteiger partial charge on any atom is 0.133 e. The van der Waals surface area contributed by atoms with Crippen molar-refractivity contribution in [3.05, 3.63) is 41.0 Å². The molecule has 3 N–H and O–H groups in total. The Morgan fingerprint density at radius 2 is 2.12 bits per heavy atom. The minimum absolute atomic E-state index is 0.0524. The zero-order valence-electron chi connectivity index (χ0n) is 8.73. The molecule has 1 atom stereocenters. The van der Waals surface area contributed by atoms with Crippen molar-refractivity contribution in [3.8, 4) is 0 Å². The monoisotopic (exact) mass is 236 g/mol. The van der Waals surface area contributed by atoms with Gasteiger partial charge in [0.25, 0.3) is 0 Å². The van der Waals surface area contributed by atoms with Gasteiger partial charge in [-0.25, -0.2) is 4.98 Å². The summed E-state index contributed by atoms with van der Waals surface area (Å²) in [5.74, 6) is 0. The van der Waals surface area contributed by atoms with Crippen molar-refractivity contribution in [2.24, 2.45) is 5.73 Å². The zero-order valence-corrected chi connectivity index (χ0v) is 9.48. The topological polar surface area (TPSA) is 59.1 Å². The second-order valence-corrected chi connectivity index (χ2v) is 4.14. The van der Waals surface area contributed by atoms with Crippen molar-refractivity contribution < 1.29 is 5.11 Å². The molecule has 1 aromatic heterocycles. The number of fused-ring (bicyclic) bond motifs is 1. The summed E-state index contributed by atoms with van der Waals surface area (Å²) in [7, 11) is 0. The van der Waals surface area contributed by atoms with E-state index in [0.717, 1.165) is 16.5 Å². The molecule has 1 heterocycles. The summed E-state index contributed by atoms with van der Waals surface area (Å²) in [4.78, 5) is 4.29. The molecule has 0 spiro atoms. The maximum absolute atomic E-state index is 8.91. The molecular formula is C12H13ClN2O. The molecular weight excluding hydrogens is 224 g/mol. The fourth-order valence-corrected chi connectivity index (χ4v) is 1.85. The number of aromatic nitrogens is 1. The first-order valence-electron chi connectivity index (χ1n) is 5.11. The van der Waals surface area contributed by atoms with Crippen LogP contribution in [0.25, 0.3) is 10.9 Å². The van der Waals surface area contributed by atoms with Gasteiger partial charge in [0.05, 0.1) is 12.1 Å². The molecule has 16 heavy (non-hydrogen) atoms. The van der Waals surface area contributed by atoms with Crippen LogP contribution in [-0.2, 0) is 6.42 Å². The van der Waals surface area contributed by atoms with E-state index in [2.05, 4.69) is 4.98 Å². The van der Waals surface area contributed by atoms with Gasteiger partial charge in [0.2, 0.25) is 0 Å². The highest BCUT2D eigenvalue weighted by atomic mass is 35.5. The summed E-state index contributed by atoms with van der Waals surface area (Å²) in [5, 5.41) is 10.4. The number of aliphatic hydroxyl groups excluding tert-OH is 1. The average Bonchev–Trinajstić information content (AvgIpc) is 2.30. The van der Waals surface area contributed by atoms with Crippen molar-refractivity contribution in [1.29, 1.82) is 0 Å². The molecule has 1 unspecified atom stereocenters. The van der Waals surface area contributed by atoms with Gasteiger partial charge in [0.1, 0.15) is 5.15 Å². The maximum atomic E-state index is 8.91. The van der Waals surface area contributed by atoms with Crippen LogP contribution in [0.4, 0.5) is 0 Å². The van der Waals surface area contributed by atoms with E-state index in [1.807, 2.05) is 30.3 Å². The van der Waals surface area contributed by atoms with Gasteiger partial charge < -0.3 is 10.8 Å². The van der Waals surface area contributed by atoms with Gasteiger partial charge in [0.15, 0.2) is 0 Å². The van der Waals surface area contributed by atoms with Crippen LogP contribution in [0.5, 0.6) is 0 Å². The third-order valence-electron chi connectivity index (χ3n) is 2.47. The number of nitrogens with two attached hydrogens (primary N) is 1. The number of aliphatic hydroxyl groups is 1. The van der Waals surface area contributed by atoms with E-state index in [1.165, 1.54) is 0 Å². The van der Waals surface area contributed by atoms with E-state index in [4.69, 9.17) is 22.4 Å². The molecule has 0 radical (unpaired) electrons. The lowest BCUT2D eigenvalue weighted by atomic mass is 10.1. The SMILES string of the molecule is NC(CO)Cc1cc2ccccc2nc1Cl. The standard InChI is InChI=1S/C12H13ClN2O/c13-12-9(6-10(14)7-16)5-8-3-1-2-4-11(8)15-12/h1-5,10,16H,6-7,14H2. The fraction of sp³-hybridized carbons (Fsp3) is 0.250. The van der Waals surface area contributed by atoms with Gasteiger partial charge in [-0.2, -0.15) is 0 Å². The van der Waals surface area contributed by atoms with Gasteiger partial charge in [-0.05, 0) is 24.1 Å². The minimum Gasteiger partial charge on any atom is -0.395 e. The Balaban J connectivity index is 2.42. The molecule has 0 aliphatic heterocycles. The molecule has 3 nitrogen and oxygen atoms in total. The molecule has 0 aliphatic rings. The lowest BCUT2D eigenvalue weighted by molar-refractivity contribution is 0.265. The Bertz CT molecular complexity index is 501. The van der Waals surface area contributed by atoms with Gasteiger partial charge in [-0.15, -0.1) is 0 Å². The Morgan fingerprint density at radius 3 is 2.88 bits per heavy atom. The first-order valence-corrected chi connectivity index (χ1v) is 5.49. The van der Waals surface area contributed by atoms with Crippen LogP contribution >= 0.6 is 11.6 Å². The Hall–Kier alpha value is -1.16. The van der Waals surface area contributed by atoms with Crippen LogP contribution in [0.3, 0.4) is 0 Å². The number of rotatable bonds is 3. The molecule has 4 heteroatoms. The van der Waals surface area contributed by atoms with Crippen LogP contribution in [-0.4, -0.2) is 22.7 Å². The van der Waals surface area contributed by atoms with Crippen molar-refractivity contribution in [2.45, 2.75) is 12.5 Å². The highest BCUT2D eigenvalue weighted by molar-refractivity contribution is 6.30. The summed E-state index contributed by atoms with van der Waals surface area (Å²) in [6.07, 6.45) is 0.535. The molecule has 2 rings (SSSR count). The number of pyridine rings is 1. The number of para-hydroxylation sites is 1.